The van der Waals surface area contributed by atoms with Gasteiger partial charge in [-0.3, -0.25) is 9.80 Å². The van der Waals surface area contributed by atoms with Crippen LogP contribution < -0.4 is 0 Å². The van der Waals surface area contributed by atoms with Crippen LogP contribution in [0.1, 0.15) is 0 Å². The third-order valence-corrected chi connectivity index (χ3v) is 4.27. The zero-order valence-corrected chi connectivity index (χ0v) is 12.7. The monoisotopic (exact) mass is 298 g/mol. The van der Waals surface area contributed by atoms with Crippen molar-refractivity contribution in [3.8, 4) is 22.6 Å². The van der Waals surface area contributed by atoms with Gasteiger partial charge in [-0.1, -0.05) is 24.3 Å². The number of benzene rings is 2. The van der Waals surface area contributed by atoms with Crippen LogP contribution in [0.4, 0.5) is 0 Å². The Morgan fingerprint density at radius 2 is 0.773 bits per heavy atom. The molecule has 3 aliphatic rings. The highest BCUT2D eigenvalue weighted by Crippen LogP contribution is 2.23. The lowest BCUT2D eigenvalue weighted by Crippen LogP contribution is -2.55. The lowest BCUT2D eigenvalue weighted by Gasteiger charge is -2.41. The van der Waals surface area contributed by atoms with Crippen molar-refractivity contribution in [1.29, 1.82) is 0 Å². The van der Waals surface area contributed by atoms with E-state index in [0.29, 0.717) is 0 Å². The maximum Gasteiger partial charge on any atom is 0.115 e. The average molecular weight is 298 g/mol. The van der Waals surface area contributed by atoms with Crippen LogP contribution in [0.25, 0.3) is 11.1 Å². The van der Waals surface area contributed by atoms with Crippen LogP contribution in [0, 0.1) is 0 Å². The number of nitrogens with zero attached hydrogens (tertiary/aromatic N) is 2. The normalized spacial score (nSPS) is 22.7. The summed E-state index contributed by atoms with van der Waals surface area (Å²) in [5.41, 5.74) is 2.03. The van der Waals surface area contributed by atoms with Crippen LogP contribution in [0.15, 0.2) is 48.5 Å². The minimum atomic E-state index is 0.257. The van der Waals surface area contributed by atoms with Gasteiger partial charge in [0, 0.05) is 39.3 Å². The van der Waals surface area contributed by atoms with E-state index in [9.17, 15) is 0 Å². The molecule has 5 rings (SSSR count). The van der Waals surface area contributed by atoms with Gasteiger partial charge in [0.05, 0.1) is 0 Å². The van der Waals surface area contributed by atoms with Crippen molar-refractivity contribution in [2.24, 2.45) is 0 Å². The summed E-state index contributed by atoms with van der Waals surface area (Å²) in [6.45, 7) is 7.92. The SMILES string of the molecule is C1CN2CCN1CC2.Oc1ccc(-c2ccc(O)cc2)cc1. The van der Waals surface area contributed by atoms with E-state index < -0.39 is 0 Å². The molecule has 4 heteroatoms. The quantitative estimate of drug-likeness (QED) is 0.848. The number of hydrogen-bond acceptors (Lipinski definition) is 4. The smallest absolute Gasteiger partial charge is 0.115 e. The van der Waals surface area contributed by atoms with Gasteiger partial charge in [0.15, 0.2) is 0 Å². The first-order valence-corrected chi connectivity index (χ1v) is 7.74. The molecule has 2 aromatic carbocycles. The second-order valence-electron chi connectivity index (χ2n) is 5.78. The Bertz CT molecular complexity index is 521. The van der Waals surface area contributed by atoms with Gasteiger partial charge >= 0.3 is 0 Å². The molecule has 3 aliphatic heterocycles. The average Bonchev–Trinajstić information content (AvgIpc) is 2.59. The fourth-order valence-corrected chi connectivity index (χ4v) is 2.83. The third-order valence-electron chi connectivity index (χ3n) is 4.27. The number of aromatic hydroxyl groups is 2. The summed E-state index contributed by atoms with van der Waals surface area (Å²) in [4.78, 5) is 5.08. The van der Waals surface area contributed by atoms with Gasteiger partial charge < -0.3 is 10.2 Å². The number of fused-ring (bicyclic) bond motifs is 3. The maximum absolute atomic E-state index is 9.11. The van der Waals surface area contributed by atoms with Gasteiger partial charge in [-0.15, -0.1) is 0 Å². The number of piperazine rings is 3. The molecule has 2 bridgehead atoms. The molecule has 0 spiro atoms. The molecule has 2 N–H and O–H groups in total. The number of rotatable bonds is 1. The Balaban J connectivity index is 0.000000151. The molecule has 0 amide bonds. The van der Waals surface area contributed by atoms with Crippen molar-refractivity contribution < 1.29 is 10.2 Å². The molecule has 0 atom stereocenters. The van der Waals surface area contributed by atoms with Crippen molar-refractivity contribution in [3.63, 3.8) is 0 Å². The van der Waals surface area contributed by atoms with Crippen molar-refractivity contribution in [1.82, 2.24) is 9.80 Å². The highest BCUT2D eigenvalue weighted by molar-refractivity contribution is 5.64. The zero-order chi connectivity index (χ0) is 15.4. The van der Waals surface area contributed by atoms with Crippen LogP contribution in [0.3, 0.4) is 0 Å². The lowest BCUT2D eigenvalue weighted by molar-refractivity contribution is 0.0647. The molecule has 116 valence electrons. The summed E-state index contributed by atoms with van der Waals surface area (Å²) in [7, 11) is 0. The van der Waals surface area contributed by atoms with E-state index in [2.05, 4.69) is 9.80 Å². The summed E-state index contributed by atoms with van der Waals surface area (Å²) in [6, 6.07) is 13.9. The van der Waals surface area contributed by atoms with E-state index in [-0.39, 0.29) is 11.5 Å². The predicted molar refractivity (Wildman–Crippen MR) is 88.1 cm³/mol. The molecule has 0 radical (unpaired) electrons. The van der Waals surface area contributed by atoms with Crippen molar-refractivity contribution in [2.45, 2.75) is 0 Å². The highest BCUT2D eigenvalue weighted by atomic mass is 16.3. The summed E-state index contributed by atoms with van der Waals surface area (Å²) in [5.74, 6) is 0.514. The van der Waals surface area contributed by atoms with Crippen molar-refractivity contribution >= 4 is 0 Å². The number of hydrogen-bond donors (Lipinski definition) is 2. The first-order valence-electron chi connectivity index (χ1n) is 7.74. The molecule has 4 nitrogen and oxygen atoms in total. The van der Waals surface area contributed by atoms with Gasteiger partial charge in [0.25, 0.3) is 0 Å². The molecule has 0 unspecified atom stereocenters. The number of phenolic OH excluding ortho intramolecular Hbond substituents is 2. The van der Waals surface area contributed by atoms with E-state index in [0.717, 1.165) is 11.1 Å². The number of phenols is 2. The standard InChI is InChI=1S/C12H10O2.C6H12N2/c13-11-5-1-9(2-6-11)10-3-7-12(14)8-4-10;1-2-8-5-3-7(1)4-6-8/h1-8,13-14H;1-6H2. The Morgan fingerprint density at radius 3 is 1.00 bits per heavy atom. The Morgan fingerprint density at radius 1 is 0.500 bits per heavy atom. The van der Waals surface area contributed by atoms with E-state index in [4.69, 9.17) is 10.2 Å². The van der Waals surface area contributed by atoms with Gasteiger partial charge in [-0.2, -0.15) is 0 Å². The Hall–Kier alpha value is -2.04. The van der Waals surface area contributed by atoms with Crippen LogP contribution >= 0.6 is 0 Å². The molecule has 0 aliphatic carbocycles. The van der Waals surface area contributed by atoms with Gasteiger partial charge in [0.1, 0.15) is 11.5 Å². The molecule has 3 fully saturated rings. The molecule has 22 heavy (non-hydrogen) atoms. The first-order chi connectivity index (χ1) is 10.7. The fourth-order valence-electron chi connectivity index (χ4n) is 2.83. The fraction of sp³-hybridized carbons (Fsp3) is 0.333. The highest BCUT2D eigenvalue weighted by Gasteiger charge is 2.21. The Kier molecular flexibility index (Phi) is 4.61. The van der Waals surface area contributed by atoms with E-state index in [1.54, 1.807) is 24.3 Å². The molecule has 0 saturated carbocycles. The van der Waals surface area contributed by atoms with Crippen LogP contribution in [0.2, 0.25) is 0 Å². The summed E-state index contributed by atoms with van der Waals surface area (Å²) < 4.78 is 0. The van der Waals surface area contributed by atoms with Gasteiger partial charge in [-0.25, -0.2) is 0 Å². The third kappa shape index (κ3) is 3.78. The molecule has 2 aromatic rings. The summed E-state index contributed by atoms with van der Waals surface area (Å²) in [6.07, 6.45) is 0. The molecule has 0 aromatic heterocycles. The van der Waals surface area contributed by atoms with Crippen LogP contribution in [-0.4, -0.2) is 59.3 Å². The second kappa shape index (κ2) is 6.81. The second-order valence-corrected chi connectivity index (χ2v) is 5.78. The summed E-state index contributed by atoms with van der Waals surface area (Å²) in [5, 5.41) is 18.2. The van der Waals surface area contributed by atoms with E-state index >= 15 is 0 Å². The minimum Gasteiger partial charge on any atom is -0.508 e. The predicted octanol–water partition coefficient (Wildman–Crippen LogP) is 2.38. The van der Waals surface area contributed by atoms with Crippen molar-refractivity contribution in [2.75, 3.05) is 39.3 Å². The van der Waals surface area contributed by atoms with Crippen LogP contribution in [-0.2, 0) is 0 Å². The van der Waals surface area contributed by atoms with Crippen molar-refractivity contribution in [3.05, 3.63) is 48.5 Å². The minimum absolute atomic E-state index is 0.257. The lowest BCUT2D eigenvalue weighted by atomic mass is 10.1. The topological polar surface area (TPSA) is 46.9 Å². The largest absolute Gasteiger partial charge is 0.508 e. The molecule has 3 saturated heterocycles. The Labute approximate surface area is 131 Å². The van der Waals surface area contributed by atoms with Crippen LogP contribution in [0.5, 0.6) is 11.5 Å². The first kappa shape index (κ1) is 14.9. The van der Waals surface area contributed by atoms with E-state index in [1.807, 2.05) is 24.3 Å². The molecule has 3 heterocycles. The molecular weight excluding hydrogens is 276 g/mol. The van der Waals surface area contributed by atoms with Gasteiger partial charge in [-0.05, 0) is 35.4 Å². The summed E-state index contributed by atoms with van der Waals surface area (Å²) >= 11 is 0. The molecular formula is C18H22N2O2. The maximum atomic E-state index is 9.11. The zero-order valence-electron chi connectivity index (χ0n) is 12.7. The van der Waals surface area contributed by atoms with E-state index in [1.165, 1.54) is 39.3 Å². The van der Waals surface area contributed by atoms with Gasteiger partial charge in [0.2, 0.25) is 0 Å².